The van der Waals surface area contributed by atoms with Crippen molar-refractivity contribution >= 4 is 12.7 Å². The number of rotatable bonds is 1. The summed E-state index contributed by atoms with van der Waals surface area (Å²) in [5, 5.41) is 4.46. The lowest BCUT2D eigenvalue weighted by Gasteiger charge is -2.32. The van der Waals surface area contributed by atoms with Crippen molar-refractivity contribution in [2.24, 2.45) is 7.05 Å². The zero-order chi connectivity index (χ0) is 13.1. The number of hydrogen-bond donors (Lipinski definition) is 0. The van der Waals surface area contributed by atoms with Crippen LogP contribution in [0, 0.1) is 0 Å². The lowest BCUT2D eigenvalue weighted by Crippen LogP contribution is -2.41. The van der Waals surface area contributed by atoms with Gasteiger partial charge in [-0.15, -0.1) is 0 Å². The van der Waals surface area contributed by atoms with Gasteiger partial charge in [-0.25, -0.2) is 0 Å². The van der Waals surface area contributed by atoms with Crippen molar-refractivity contribution in [3.63, 3.8) is 0 Å². The second kappa shape index (κ2) is 3.59. The van der Waals surface area contributed by atoms with Gasteiger partial charge in [-0.1, -0.05) is 0 Å². The van der Waals surface area contributed by atoms with Crippen molar-refractivity contribution in [3.8, 4) is 0 Å². The third kappa shape index (κ3) is 1.56. The largest absolute Gasteiger partial charge is 0.514 e. The Labute approximate surface area is 108 Å². The zero-order valence-corrected chi connectivity index (χ0v) is 11.6. The van der Waals surface area contributed by atoms with E-state index in [1.807, 2.05) is 11.7 Å². The van der Waals surface area contributed by atoms with Gasteiger partial charge in [0.25, 0.3) is 0 Å². The SMILES string of the molecule is Cn1nc2c(c1B1OC(C)(C)C(C)(C)O1)COC2. The molecule has 5 nitrogen and oxygen atoms in total. The molecular formula is C12H19BN2O3. The summed E-state index contributed by atoms with van der Waals surface area (Å²) < 4.78 is 19.4. The molecule has 0 aliphatic carbocycles. The maximum absolute atomic E-state index is 6.08. The van der Waals surface area contributed by atoms with Crippen molar-refractivity contribution in [1.82, 2.24) is 9.78 Å². The molecule has 1 fully saturated rings. The maximum atomic E-state index is 6.08. The fraction of sp³-hybridized carbons (Fsp3) is 0.750. The third-order valence-corrected chi connectivity index (χ3v) is 4.24. The highest BCUT2D eigenvalue weighted by Gasteiger charge is 2.53. The van der Waals surface area contributed by atoms with Crippen LogP contribution in [0.15, 0.2) is 0 Å². The van der Waals surface area contributed by atoms with Crippen molar-refractivity contribution in [2.45, 2.75) is 52.1 Å². The summed E-state index contributed by atoms with van der Waals surface area (Å²) in [7, 11) is 1.57. The summed E-state index contributed by atoms with van der Waals surface area (Å²) in [5.41, 5.74) is 2.46. The topological polar surface area (TPSA) is 45.5 Å². The molecule has 0 spiro atoms. The van der Waals surface area contributed by atoms with Crippen LogP contribution in [-0.4, -0.2) is 28.1 Å². The van der Waals surface area contributed by atoms with Crippen LogP contribution in [0.1, 0.15) is 39.0 Å². The fourth-order valence-corrected chi connectivity index (χ4v) is 2.41. The molecule has 2 aliphatic heterocycles. The molecule has 0 aromatic carbocycles. The van der Waals surface area contributed by atoms with Crippen LogP contribution < -0.4 is 5.59 Å². The Morgan fingerprint density at radius 2 is 1.72 bits per heavy atom. The first kappa shape index (κ1) is 12.2. The van der Waals surface area contributed by atoms with Gasteiger partial charge in [-0.05, 0) is 27.7 Å². The highest BCUT2D eigenvalue weighted by Crippen LogP contribution is 2.37. The van der Waals surface area contributed by atoms with E-state index in [4.69, 9.17) is 14.0 Å². The highest BCUT2D eigenvalue weighted by molar-refractivity contribution is 6.61. The van der Waals surface area contributed by atoms with Crippen LogP contribution in [0.5, 0.6) is 0 Å². The van der Waals surface area contributed by atoms with E-state index < -0.39 is 0 Å². The number of hydrogen-bond acceptors (Lipinski definition) is 4. The molecule has 0 radical (unpaired) electrons. The van der Waals surface area contributed by atoms with E-state index in [9.17, 15) is 0 Å². The zero-order valence-electron chi connectivity index (χ0n) is 11.6. The molecule has 18 heavy (non-hydrogen) atoms. The van der Waals surface area contributed by atoms with E-state index in [0.717, 1.165) is 16.9 Å². The van der Waals surface area contributed by atoms with Gasteiger partial charge in [-0.2, -0.15) is 5.10 Å². The standard InChI is InChI=1S/C12H19BN2O3/c1-11(2)12(3,4)18-13(17-11)10-8-6-16-7-9(8)14-15(10)5/h6-7H2,1-5H3. The number of nitrogens with zero attached hydrogens (tertiary/aromatic N) is 2. The Bertz CT molecular complexity index is 480. The molecule has 3 rings (SSSR count). The molecule has 0 bridgehead atoms. The van der Waals surface area contributed by atoms with Crippen LogP contribution in [0.4, 0.5) is 0 Å². The summed E-state index contributed by atoms with van der Waals surface area (Å²) in [4.78, 5) is 0. The van der Waals surface area contributed by atoms with Gasteiger partial charge in [0, 0.05) is 12.6 Å². The second-order valence-corrected chi connectivity index (χ2v) is 6.02. The van der Waals surface area contributed by atoms with Crippen LogP contribution in [0.25, 0.3) is 0 Å². The normalized spacial score (nSPS) is 24.6. The highest BCUT2D eigenvalue weighted by atomic mass is 16.7. The first-order chi connectivity index (χ1) is 8.32. The number of aromatic nitrogens is 2. The van der Waals surface area contributed by atoms with Gasteiger partial charge in [0.1, 0.15) is 0 Å². The minimum Gasteiger partial charge on any atom is -0.398 e. The van der Waals surface area contributed by atoms with Gasteiger partial charge < -0.3 is 14.0 Å². The van der Waals surface area contributed by atoms with Crippen LogP contribution in [0.3, 0.4) is 0 Å². The summed E-state index contributed by atoms with van der Waals surface area (Å²) in [5.74, 6) is 0. The van der Waals surface area contributed by atoms with E-state index in [2.05, 4.69) is 32.8 Å². The van der Waals surface area contributed by atoms with Crippen LogP contribution in [0.2, 0.25) is 0 Å². The van der Waals surface area contributed by atoms with Crippen LogP contribution in [-0.2, 0) is 34.3 Å². The first-order valence-corrected chi connectivity index (χ1v) is 6.30. The van der Waals surface area contributed by atoms with Gasteiger partial charge in [0.2, 0.25) is 0 Å². The Morgan fingerprint density at radius 3 is 2.33 bits per heavy atom. The molecule has 0 atom stereocenters. The van der Waals surface area contributed by atoms with E-state index in [-0.39, 0.29) is 18.3 Å². The molecule has 1 aromatic heterocycles. The van der Waals surface area contributed by atoms with Crippen LogP contribution >= 0.6 is 0 Å². The molecule has 1 saturated heterocycles. The van der Waals surface area contributed by atoms with E-state index in [0.29, 0.717) is 13.2 Å². The van der Waals surface area contributed by atoms with Gasteiger partial charge in [0.05, 0.1) is 35.7 Å². The lowest BCUT2D eigenvalue weighted by atomic mass is 9.81. The fourth-order valence-electron chi connectivity index (χ4n) is 2.41. The first-order valence-electron chi connectivity index (χ1n) is 6.30. The molecule has 6 heteroatoms. The Morgan fingerprint density at radius 1 is 1.11 bits per heavy atom. The van der Waals surface area contributed by atoms with E-state index >= 15 is 0 Å². The summed E-state index contributed by atoms with van der Waals surface area (Å²) >= 11 is 0. The number of ether oxygens (including phenoxy) is 1. The number of fused-ring (bicyclic) bond motifs is 1. The molecular weight excluding hydrogens is 231 g/mol. The van der Waals surface area contributed by atoms with Crippen molar-refractivity contribution < 1.29 is 14.0 Å². The van der Waals surface area contributed by atoms with E-state index in [1.54, 1.807) is 0 Å². The molecule has 0 saturated carbocycles. The van der Waals surface area contributed by atoms with E-state index in [1.165, 1.54) is 0 Å². The molecule has 0 unspecified atom stereocenters. The number of aryl methyl sites for hydroxylation is 1. The molecule has 2 aliphatic rings. The maximum Gasteiger partial charge on any atom is 0.514 e. The molecule has 0 amide bonds. The predicted octanol–water partition coefficient (Wildman–Crippen LogP) is 0.749. The monoisotopic (exact) mass is 250 g/mol. The van der Waals surface area contributed by atoms with Gasteiger partial charge in [0.15, 0.2) is 0 Å². The minimum atomic E-state index is -0.363. The minimum absolute atomic E-state index is 0.325. The lowest BCUT2D eigenvalue weighted by molar-refractivity contribution is 0.00578. The Hall–Kier alpha value is -0.845. The average Bonchev–Trinajstić information content (AvgIpc) is 2.79. The molecule has 98 valence electrons. The molecule has 3 heterocycles. The van der Waals surface area contributed by atoms with Gasteiger partial charge >= 0.3 is 7.12 Å². The van der Waals surface area contributed by atoms with Crippen molar-refractivity contribution in [1.29, 1.82) is 0 Å². The quantitative estimate of drug-likeness (QED) is 0.690. The van der Waals surface area contributed by atoms with Crippen molar-refractivity contribution in [2.75, 3.05) is 0 Å². The Kier molecular flexibility index (Phi) is 2.43. The van der Waals surface area contributed by atoms with Gasteiger partial charge in [-0.3, -0.25) is 4.68 Å². The van der Waals surface area contributed by atoms with Crippen molar-refractivity contribution in [3.05, 3.63) is 11.3 Å². The molecule has 0 N–H and O–H groups in total. The summed E-state index contributed by atoms with van der Waals surface area (Å²) in [6.45, 7) is 9.41. The summed E-state index contributed by atoms with van der Waals surface area (Å²) in [6, 6.07) is 0. The molecule has 1 aromatic rings. The summed E-state index contributed by atoms with van der Waals surface area (Å²) in [6.07, 6.45) is 0. The Balaban J connectivity index is 1.99. The smallest absolute Gasteiger partial charge is 0.398 e. The predicted molar refractivity (Wildman–Crippen MR) is 67.4 cm³/mol. The third-order valence-electron chi connectivity index (χ3n) is 4.24. The second-order valence-electron chi connectivity index (χ2n) is 6.02. The average molecular weight is 250 g/mol.